The number of likely N-dealkylation sites (tertiary alicyclic amines) is 1. The van der Waals surface area contributed by atoms with E-state index in [4.69, 9.17) is 4.98 Å². The lowest BCUT2D eigenvalue weighted by Crippen LogP contribution is -2.40. The molecule has 5 nitrogen and oxygen atoms in total. The molecule has 1 aromatic carbocycles. The van der Waals surface area contributed by atoms with Crippen LogP contribution in [0.25, 0.3) is 0 Å². The first-order valence-corrected chi connectivity index (χ1v) is 11.4. The summed E-state index contributed by atoms with van der Waals surface area (Å²) in [5.41, 5.74) is 2.40. The third-order valence-corrected chi connectivity index (χ3v) is 6.01. The fourth-order valence-corrected chi connectivity index (χ4v) is 4.59. The van der Waals surface area contributed by atoms with Gasteiger partial charge in [-0.2, -0.15) is 0 Å². The summed E-state index contributed by atoms with van der Waals surface area (Å²) in [6, 6.07) is 10.4. The van der Waals surface area contributed by atoms with Crippen LogP contribution < -0.4 is 4.72 Å². The van der Waals surface area contributed by atoms with Crippen molar-refractivity contribution in [3.63, 3.8) is 0 Å². The highest BCUT2D eigenvalue weighted by atomic mass is 32.2. The van der Waals surface area contributed by atoms with Crippen LogP contribution >= 0.6 is 11.3 Å². The van der Waals surface area contributed by atoms with Gasteiger partial charge in [0.25, 0.3) is 0 Å². The van der Waals surface area contributed by atoms with Crippen LogP contribution in [-0.2, 0) is 23.0 Å². The number of benzene rings is 1. The zero-order chi connectivity index (χ0) is 17.7. The van der Waals surface area contributed by atoms with Crippen molar-refractivity contribution in [1.29, 1.82) is 0 Å². The normalized spacial score (nSPS) is 19.2. The Kier molecular flexibility index (Phi) is 6.22. The SMILES string of the molecule is CS(=O)(=O)NC[C@H]1CCCN(Cc2csc(Cc3ccccc3)n2)C1. The van der Waals surface area contributed by atoms with Crippen molar-refractivity contribution in [3.8, 4) is 0 Å². The topological polar surface area (TPSA) is 62.3 Å². The zero-order valence-corrected chi connectivity index (χ0v) is 16.2. The minimum atomic E-state index is -3.11. The molecule has 7 heteroatoms. The molecule has 1 aliphatic heterocycles. The molecule has 2 heterocycles. The van der Waals surface area contributed by atoms with Gasteiger partial charge in [-0.3, -0.25) is 4.90 Å². The van der Waals surface area contributed by atoms with Gasteiger partial charge in [0.2, 0.25) is 10.0 Å². The van der Waals surface area contributed by atoms with Crippen LogP contribution in [0.5, 0.6) is 0 Å². The number of nitrogens with zero attached hydrogens (tertiary/aromatic N) is 2. The molecule has 0 radical (unpaired) electrons. The molecule has 1 fully saturated rings. The smallest absolute Gasteiger partial charge is 0.208 e. The molecule has 1 aromatic heterocycles. The maximum atomic E-state index is 11.3. The molecular weight excluding hydrogens is 354 g/mol. The summed E-state index contributed by atoms with van der Waals surface area (Å²) < 4.78 is 25.2. The predicted octanol–water partition coefficient (Wildman–Crippen LogP) is 2.50. The molecule has 136 valence electrons. The van der Waals surface area contributed by atoms with Gasteiger partial charge >= 0.3 is 0 Å². The Bertz CT molecular complexity index is 775. The maximum Gasteiger partial charge on any atom is 0.208 e. The summed E-state index contributed by atoms with van der Waals surface area (Å²) >= 11 is 1.72. The summed E-state index contributed by atoms with van der Waals surface area (Å²) in [4.78, 5) is 7.16. The summed E-state index contributed by atoms with van der Waals surface area (Å²) in [5.74, 6) is 0.380. The molecule has 1 N–H and O–H groups in total. The van der Waals surface area contributed by atoms with E-state index in [1.807, 2.05) is 6.07 Å². The van der Waals surface area contributed by atoms with Crippen molar-refractivity contribution in [1.82, 2.24) is 14.6 Å². The Morgan fingerprint density at radius 2 is 2.12 bits per heavy atom. The Balaban J connectivity index is 1.52. The first-order chi connectivity index (χ1) is 12.0. The Morgan fingerprint density at radius 1 is 1.32 bits per heavy atom. The van der Waals surface area contributed by atoms with E-state index in [2.05, 4.69) is 39.3 Å². The first-order valence-electron chi connectivity index (χ1n) is 8.62. The van der Waals surface area contributed by atoms with Crippen LogP contribution in [0.4, 0.5) is 0 Å². The number of sulfonamides is 1. The Morgan fingerprint density at radius 3 is 2.88 bits per heavy atom. The highest BCUT2D eigenvalue weighted by Crippen LogP contribution is 2.20. The first kappa shape index (κ1) is 18.5. The van der Waals surface area contributed by atoms with Crippen LogP contribution in [0.1, 0.15) is 29.1 Å². The molecule has 1 saturated heterocycles. The highest BCUT2D eigenvalue weighted by molar-refractivity contribution is 7.88. The summed E-state index contributed by atoms with van der Waals surface area (Å²) in [7, 11) is -3.11. The van der Waals surface area contributed by atoms with Crippen molar-refractivity contribution in [2.45, 2.75) is 25.8 Å². The average Bonchev–Trinajstić information content (AvgIpc) is 3.00. The number of thiazole rings is 1. The van der Waals surface area contributed by atoms with Crippen molar-refractivity contribution < 1.29 is 8.42 Å². The lowest BCUT2D eigenvalue weighted by atomic mass is 9.98. The molecule has 0 amide bonds. The standard InChI is InChI=1S/C18H25N3O2S2/c1-25(22,23)19-11-16-8-5-9-21(12-16)13-17-14-24-18(20-17)10-15-6-3-2-4-7-15/h2-4,6-7,14,16,19H,5,8-13H2,1H3/t16-/m1/s1. The van der Waals surface area contributed by atoms with Gasteiger partial charge in [0.15, 0.2) is 0 Å². The van der Waals surface area contributed by atoms with E-state index in [1.54, 1.807) is 11.3 Å². The monoisotopic (exact) mass is 379 g/mol. The van der Waals surface area contributed by atoms with Crippen molar-refractivity contribution in [2.75, 3.05) is 25.9 Å². The fraction of sp³-hybridized carbons (Fsp3) is 0.500. The van der Waals surface area contributed by atoms with Crippen LogP contribution in [0, 0.1) is 5.92 Å². The second kappa shape index (κ2) is 8.40. The molecular formula is C18H25N3O2S2. The van der Waals surface area contributed by atoms with E-state index < -0.39 is 10.0 Å². The van der Waals surface area contributed by atoms with Gasteiger partial charge < -0.3 is 0 Å². The van der Waals surface area contributed by atoms with Gasteiger partial charge in [-0.15, -0.1) is 11.3 Å². The molecule has 0 saturated carbocycles. The molecule has 0 bridgehead atoms. The van der Waals surface area contributed by atoms with Crippen LogP contribution in [-0.4, -0.2) is 44.2 Å². The Labute approximate surface area is 154 Å². The average molecular weight is 380 g/mol. The van der Waals surface area contributed by atoms with Gasteiger partial charge in [-0.25, -0.2) is 18.1 Å². The van der Waals surface area contributed by atoms with Crippen LogP contribution in [0.15, 0.2) is 35.7 Å². The number of hydrogen-bond donors (Lipinski definition) is 1. The van der Waals surface area contributed by atoms with E-state index in [0.717, 1.165) is 49.6 Å². The Hall–Kier alpha value is -1.28. The van der Waals surface area contributed by atoms with Crippen molar-refractivity contribution >= 4 is 21.4 Å². The number of piperidine rings is 1. The largest absolute Gasteiger partial charge is 0.297 e. The number of hydrogen-bond acceptors (Lipinski definition) is 5. The van der Waals surface area contributed by atoms with Gasteiger partial charge in [0, 0.05) is 31.4 Å². The quantitative estimate of drug-likeness (QED) is 0.803. The molecule has 25 heavy (non-hydrogen) atoms. The number of aromatic nitrogens is 1. The summed E-state index contributed by atoms with van der Waals surface area (Å²) in [6.07, 6.45) is 4.29. The molecule has 3 rings (SSSR count). The molecule has 0 unspecified atom stereocenters. The molecule has 1 aliphatic rings. The van der Waals surface area contributed by atoms with Gasteiger partial charge in [0.1, 0.15) is 0 Å². The zero-order valence-electron chi connectivity index (χ0n) is 14.5. The molecule has 0 aliphatic carbocycles. The number of rotatable bonds is 7. The highest BCUT2D eigenvalue weighted by Gasteiger charge is 2.21. The third kappa shape index (κ3) is 6.18. The second-order valence-corrected chi connectivity index (χ2v) is 9.53. The summed E-state index contributed by atoms with van der Waals surface area (Å²) in [5, 5.41) is 3.30. The van der Waals surface area contributed by atoms with E-state index in [1.165, 1.54) is 11.8 Å². The fourth-order valence-electron chi connectivity index (χ4n) is 3.23. The third-order valence-electron chi connectivity index (χ3n) is 4.42. The predicted molar refractivity (Wildman–Crippen MR) is 102 cm³/mol. The van der Waals surface area contributed by atoms with Gasteiger partial charge in [0.05, 0.1) is 17.0 Å². The lowest BCUT2D eigenvalue weighted by Gasteiger charge is -2.32. The van der Waals surface area contributed by atoms with Crippen LogP contribution in [0.2, 0.25) is 0 Å². The minimum Gasteiger partial charge on any atom is -0.297 e. The van der Waals surface area contributed by atoms with Gasteiger partial charge in [-0.05, 0) is 30.9 Å². The lowest BCUT2D eigenvalue weighted by molar-refractivity contribution is 0.167. The summed E-state index contributed by atoms with van der Waals surface area (Å²) in [6.45, 7) is 3.36. The van der Waals surface area contributed by atoms with E-state index in [0.29, 0.717) is 12.5 Å². The minimum absolute atomic E-state index is 0.380. The van der Waals surface area contributed by atoms with E-state index >= 15 is 0 Å². The van der Waals surface area contributed by atoms with Crippen molar-refractivity contribution in [2.24, 2.45) is 5.92 Å². The van der Waals surface area contributed by atoms with Gasteiger partial charge in [-0.1, -0.05) is 30.3 Å². The van der Waals surface area contributed by atoms with E-state index in [9.17, 15) is 8.42 Å². The maximum absolute atomic E-state index is 11.3. The van der Waals surface area contributed by atoms with Crippen LogP contribution in [0.3, 0.4) is 0 Å². The van der Waals surface area contributed by atoms with Crippen molar-refractivity contribution in [3.05, 3.63) is 52.0 Å². The molecule has 2 aromatic rings. The second-order valence-electron chi connectivity index (χ2n) is 6.76. The number of nitrogens with one attached hydrogen (secondary N) is 1. The molecule has 1 atom stereocenters. The molecule has 0 spiro atoms. The van der Waals surface area contributed by atoms with E-state index in [-0.39, 0.29) is 0 Å².